The molecule has 0 radical (unpaired) electrons. The van der Waals surface area contributed by atoms with Crippen molar-refractivity contribution in [1.82, 2.24) is 0 Å². The van der Waals surface area contributed by atoms with Gasteiger partial charge in [0.2, 0.25) is 0 Å². The summed E-state index contributed by atoms with van der Waals surface area (Å²) in [6.45, 7) is 0. The molecule has 0 aromatic carbocycles. The molecule has 1 aliphatic carbocycles. The maximum atomic E-state index is 12.3. The lowest BCUT2D eigenvalue weighted by Gasteiger charge is -2.37. The Morgan fingerprint density at radius 3 is 2.44 bits per heavy atom. The zero-order chi connectivity index (χ0) is 7.07. The summed E-state index contributed by atoms with van der Waals surface area (Å²) in [5.74, 6) is -1.23. The Morgan fingerprint density at radius 2 is 2.44 bits per heavy atom. The third-order valence-corrected chi connectivity index (χ3v) is 1.77. The first-order valence-corrected chi connectivity index (χ1v) is 2.74. The van der Waals surface area contributed by atoms with Gasteiger partial charge in [0, 0.05) is 0 Å². The fourth-order valence-electron chi connectivity index (χ4n) is 0.805. The minimum atomic E-state index is -1.57. The second kappa shape index (κ2) is 1.67. The number of carboxylic acids is 1. The predicted molar refractivity (Wildman–Crippen MR) is 28.7 cm³/mol. The molecule has 3 N–H and O–H groups in total. The second-order valence-corrected chi connectivity index (χ2v) is 2.35. The minimum Gasteiger partial charge on any atom is -0.480 e. The van der Waals surface area contributed by atoms with E-state index in [0.29, 0.717) is 0 Å². The van der Waals surface area contributed by atoms with Gasteiger partial charge in [0.15, 0.2) is 0 Å². The molecule has 1 unspecified atom stereocenters. The van der Waals surface area contributed by atoms with Gasteiger partial charge in [-0.25, -0.2) is 4.39 Å². The van der Waals surface area contributed by atoms with Crippen LogP contribution in [0.2, 0.25) is 0 Å². The molecule has 0 spiro atoms. The van der Waals surface area contributed by atoms with Crippen molar-refractivity contribution < 1.29 is 14.3 Å². The maximum Gasteiger partial charge on any atom is 0.326 e. The molecule has 0 aliphatic heterocycles. The minimum absolute atomic E-state index is 0.253. The highest BCUT2D eigenvalue weighted by Crippen LogP contribution is 2.32. The van der Waals surface area contributed by atoms with Crippen LogP contribution in [0.4, 0.5) is 4.39 Å². The Balaban J connectivity index is 2.64. The zero-order valence-corrected chi connectivity index (χ0v) is 4.80. The Morgan fingerprint density at radius 1 is 1.89 bits per heavy atom. The monoisotopic (exact) mass is 132 g/mol. The van der Waals surface area contributed by atoms with Crippen LogP contribution in [0.3, 0.4) is 0 Å². The van der Waals surface area contributed by atoms with Gasteiger partial charge in [0.05, 0.1) is 0 Å². The van der Waals surface area contributed by atoms with Crippen molar-refractivity contribution in [3.63, 3.8) is 0 Å². The van der Waals surface area contributed by atoms with E-state index >= 15 is 0 Å². The van der Waals surface area contributed by atoms with E-state index in [1.54, 1.807) is 0 Å². The Kier molecular flexibility index (Phi) is 1.20. The molecule has 9 heavy (non-hydrogen) atoms. The highest BCUT2D eigenvalue weighted by Gasteiger charge is 2.50. The highest BCUT2D eigenvalue weighted by molar-refractivity contribution is 5.80. The number of nitrogens with two attached hydrogens (primary N) is 1. The number of carbonyl (C=O) groups is 1. The number of carboxylic acid groups (broad SMARTS) is 1. The summed E-state index contributed by atoms with van der Waals surface area (Å²) in [6.07, 6.45) is -0.818. The molecule has 0 aromatic rings. The first kappa shape index (κ1) is 6.48. The van der Waals surface area contributed by atoms with Gasteiger partial charge in [-0.3, -0.25) is 4.79 Å². The van der Waals surface area contributed by atoms with Crippen LogP contribution < -0.4 is 5.73 Å². The molecule has 1 fully saturated rings. The van der Waals surface area contributed by atoms with E-state index in [2.05, 4.69) is 0 Å². The molecule has 52 valence electrons. The SMILES string of the molecule is N[C@]1(C(=O)O)CCC1[18F]. The van der Waals surface area contributed by atoms with Crippen LogP contribution in [0.25, 0.3) is 0 Å². The number of halogens is 1. The molecule has 0 bridgehead atoms. The lowest BCUT2D eigenvalue weighted by molar-refractivity contribution is -0.151. The Hall–Kier alpha value is -0.640. The number of aliphatic carboxylic acids is 1. The average molecular weight is 132 g/mol. The summed E-state index contributed by atoms with van der Waals surface area (Å²) < 4.78 is 12.3. The third-order valence-electron chi connectivity index (χ3n) is 1.77. The van der Waals surface area contributed by atoms with Crippen molar-refractivity contribution >= 4 is 5.97 Å². The van der Waals surface area contributed by atoms with Crippen LogP contribution in [-0.4, -0.2) is 22.8 Å². The van der Waals surface area contributed by atoms with Crippen LogP contribution in [-0.2, 0) is 4.79 Å². The lowest BCUT2D eigenvalue weighted by atomic mass is 9.75. The van der Waals surface area contributed by atoms with Gasteiger partial charge in [0.1, 0.15) is 11.7 Å². The molecule has 0 amide bonds. The van der Waals surface area contributed by atoms with E-state index < -0.39 is 17.7 Å². The highest BCUT2D eigenvalue weighted by atomic mass is 18.2. The first-order chi connectivity index (χ1) is 4.07. The zero-order valence-electron chi connectivity index (χ0n) is 4.80. The largest absolute Gasteiger partial charge is 0.480 e. The summed E-state index contributed by atoms with van der Waals surface area (Å²) in [6, 6.07) is 0. The summed E-state index contributed by atoms with van der Waals surface area (Å²) in [4.78, 5) is 10.1. The fraction of sp³-hybridized carbons (Fsp3) is 0.800. The number of hydrogen-bond donors (Lipinski definition) is 2. The van der Waals surface area contributed by atoms with Gasteiger partial charge in [-0.2, -0.15) is 0 Å². The van der Waals surface area contributed by atoms with Gasteiger partial charge in [-0.1, -0.05) is 0 Å². The Bertz CT molecular complexity index is 150. The van der Waals surface area contributed by atoms with Crippen molar-refractivity contribution in [3.05, 3.63) is 0 Å². The molecule has 2 atom stereocenters. The molecule has 3 nitrogen and oxygen atoms in total. The molecule has 4 heteroatoms. The number of hydrogen-bond acceptors (Lipinski definition) is 2. The molecule has 1 rings (SSSR count). The van der Waals surface area contributed by atoms with Crippen molar-refractivity contribution in [2.24, 2.45) is 5.73 Å². The molecular formula is C5H8FNO2. The number of alkyl halides is 1. The fourth-order valence-corrected chi connectivity index (χ4v) is 0.805. The second-order valence-electron chi connectivity index (χ2n) is 2.35. The van der Waals surface area contributed by atoms with Crippen LogP contribution in [0.1, 0.15) is 12.8 Å². The van der Waals surface area contributed by atoms with Crippen LogP contribution in [0.5, 0.6) is 0 Å². The summed E-state index contributed by atoms with van der Waals surface area (Å²) in [7, 11) is 0. The molecular weight excluding hydrogens is 124 g/mol. The lowest BCUT2D eigenvalue weighted by Crippen LogP contribution is -2.62. The molecule has 0 aromatic heterocycles. The third kappa shape index (κ3) is 0.702. The molecule has 1 aliphatic rings. The van der Waals surface area contributed by atoms with Gasteiger partial charge >= 0.3 is 5.97 Å². The van der Waals surface area contributed by atoms with E-state index in [4.69, 9.17) is 10.8 Å². The van der Waals surface area contributed by atoms with Gasteiger partial charge < -0.3 is 10.8 Å². The smallest absolute Gasteiger partial charge is 0.326 e. The van der Waals surface area contributed by atoms with E-state index in [-0.39, 0.29) is 12.8 Å². The van der Waals surface area contributed by atoms with E-state index in [1.165, 1.54) is 0 Å². The van der Waals surface area contributed by atoms with E-state index in [0.717, 1.165) is 0 Å². The van der Waals surface area contributed by atoms with Gasteiger partial charge in [-0.15, -0.1) is 0 Å². The van der Waals surface area contributed by atoms with Gasteiger partial charge in [-0.05, 0) is 12.8 Å². The number of rotatable bonds is 1. The average Bonchev–Trinajstić information content (AvgIpc) is 1.82. The van der Waals surface area contributed by atoms with Gasteiger partial charge in [0.25, 0.3) is 0 Å². The summed E-state index contributed by atoms with van der Waals surface area (Å²) in [5, 5.41) is 8.30. The summed E-state index contributed by atoms with van der Waals surface area (Å²) >= 11 is 0. The van der Waals surface area contributed by atoms with Crippen LogP contribution in [0.15, 0.2) is 0 Å². The van der Waals surface area contributed by atoms with E-state index in [9.17, 15) is 9.18 Å². The topological polar surface area (TPSA) is 63.3 Å². The maximum absolute atomic E-state index is 12.3. The molecule has 1 saturated carbocycles. The summed E-state index contributed by atoms with van der Waals surface area (Å²) in [5.41, 5.74) is 3.55. The first-order valence-electron chi connectivity index (χ1n) is 2.74. The quantitative estimate of drug-likeness (QED) is 0.523. The van der Waals surface area contributed by atoms with Crippen molar-refractivity contribution in [2.45, 2.75) is 24.6 Å². The van der Waals surface area contributed by atoms with Crippen molar-refractivity contribution in [2.75, 3.05) is 0 Å². The Labute approximate surface area is 51.7 Å². The standard InChI is InChI=1S/C5H8FNO2/c6-3-1-2-5(3,7)4(8)9/h3H,1-2,7H2,(H,8,9)/t3?,5-/m1/s1/i6-1. The predicted octanol–water partition coefficient (Wildman–Crippen LogP) is -0.0996. The van der Waals surface area contributed by atoms with Crippen molar-refractivity contribution in [1.29, 1.82) is 0 Å². The van der Waals surface area contributed by atoms with Crippen molar-refractivity contribution in [3.8, 4) is 0 Å². The van der Waals surface area contributed by atoms with Crippen LogP contribution in [0, 0.1) is 0 Å². The van der Waals surface area contributed by atoms with Crippen LogP contribution >= 0.6 is 0 Å². The molecule has 0 heterocycles. The normalized spacial score (nSPS) is 41.8. The van der Waals surface area contributed by atoms with E-state index in [1.807, 2.05) is 0 Å². The molecule has 0 saturated heterocycles.